The molecule has 0 saturated heterocycles. The van der Waals surface area contributed by atoms with Crippen LogP contribution in [-0.4, -0.2) is 4.57 Å². The lowest BCUT2D eigenvalue weighted by atomic mass is 9.64. The number of hydrogen-bond donors (Lipinski definition) is 0. The molecule has 2 aliphatic rings. The summed E-state index contributed by atoms with van der Waals surface area (Å²) in [5, 5.41) is 21.4. The molecule has 1 aliphatic heterocycles. The number of aromatic nitrogens is 1. The molecule has 19 rings (SSSR count). The zero-order valence-corrected chi connectivity index (χ0v) is 47.4. The highest BCUT2D eigenvalue weighted by molar-refractivity contribution is 7.68. The van der Waals surface area contributed by atoms with Crippen molar-refractivity contribution in [2.75, 3.05) is 0 Å². The van der Waals surface area contributed by atoms with Crippen LogP contribution in [0.4, 0.5) is 0 Å². The van der Waals surface area contributed by atoms with Gasteiger partial charge < -0.3 is 4.57 Å². The Labute approximate surface area is 487 Å². The van der Waals surface area contributed by atoms with Crippen LogP contribution in [0.5, 0.6) is 0 Å². The van der Waals surface area contributed by atoms with E-state index in [1.54, 1.807) is 0 Å². The van der Waals surface area contributed by atoms with E-state index < -0.39 is 20.5 Å². The fourth-order valence-electron chi connectivity index (χ4n) is 15.9. The Morgan fingerprint density at radius 2 is 0.643 bits per heavy atom. The van der Waals surface area contributed by atoms with Gasteiger partial charge in [0.1, 0.15) is 0 Å². The predicted octanol–water partition coefficient (Wildman–Crippen LogP) is 23.3. The normalized spacial score (nSPS) is 13.5. The van der Waals surface area contributed by atoms with Crippen molar-refractivity contribution in [2.24, 2.45) is 0 Å². The maximum absolute atomic E-state index is 2.67. The largest absolute Gasteiger partial charge is 0.308 e. The molecule has 17 aromatic rings. The number of para-hydroxylation sites is 3. The molecule has 0 radical (unpaired) electrons. The Hall–Kier alpha value is -10.0. The third kappa shape index (κ3) is 6.05. The zero-order chi connectivity index (χ0) is 54.8. The fourth-order valence-corrected chi connectivity index (χ4v) is 21.5. The molecule has 0 fully saturated rings. The molecule has 2 atom stereocenters. The second kappa shape index (κ2) is 17.5. The highest BCUT2D eigenvalue weighted by Gasteiger charge is 2.51. The van der Waals surface area contributed by atoms with E-state index in [-0.39, 0.29) is 0 Å². The van der Waals surface area contributed by atoms with Gasteiger partial charge in [0.15, 0.2) is 0 Å². The maximum Gasteiger partial charge on any atom is 0.0754 e. The molecule has 4 heterocycles. The number of benzene rings is 14. The Morgan fingerprint density at radius 3 is 1.23 bits per heavy atom. The molecule has 84 heavy (non-hydrogen) atoms. The number of fused-ring (bicyclic) bond motifs is 20. The lowest BCUT2D eigenvalue weighted by Gasteiger charge is -2.40. The summed E-state index contributed by atoms with van der Waals surface area (Å²) >= 11 is 0. The maximum atomic E-state index is 2.67. The summed E-state index contributed by atoms with van der Waals surface area (Å²) in [6.45, 7) is 0. The van der Waals surface area contributed by atoms with E-state index in [2.05, 4.69) is 302 Å². The molecule has 0 saturated carbocycles. The lowest BCUT2D eigenvalue weighted by Crippen LogP contribution is -2.33. The van der Waals surface area contributed by atoms with Crippen LogP contribution in [0.2, 0.25) is 0 Å². The topological polar surface area (TPSA) is 4.93 Å². The molecule has 0 amide bonds. The van der Waals surface area contributed by atoms with E-state index >= 15 is 0 Å². The second-order valence-electron chi connectivity index (χ2n) is 22.9. The fraction of sp³-hybridized carbons (Fsp3) is 0.0123. The van der Waals surface area contributed by atoms with Crippen LogP contribution in [0.15, 0.2) is 297 Å². The van der Waals surface area contributed by atoms with Gasteiger partial charge >= 0.3 is 0 Å². The number of rotatable bonds is 5. The van der Waals surface area contributed by atoms with E-state index in [1.807, 2.05) is 0 Å². The monoisotopic (exact) mass is 1100 g/mol. The summed E-state index contributed by atoms with van der Waals surface area (Å²) in [6, 6.07) is 114. The summed E-state index contributed by atoms with van der Waals surface area (Å²) in [5.74, 6) is 0. The van der Waals surface area contributed by atoms with Gasteiger partial charge in [0.2, 0.25) is 0 Å². The van der Waals surface area contributed by atoms with Gasteiger partial charge in [-0.1, -0.05) is 300 Å². The summed E-state index contributed by atoms with van der Waals surface area (Å²) in [4.78, 5) is 0. The predicted molar refractivity (Wildman–Crippen MR) is 361 cm³/mol. The molecule has 1 spiro atoms. The van der Waals surface area contributed by atoms with Crippen molar-refractivity contribution in [2.45, 2.75) is 5.41 Å². The first-order valence-electron chi connectivity index (χ1n) is 29.3. The summed E-state index contributed by atoms with van der Waals surface area (Å²) < 4.78 is 2.67. The Morgan fingerprint density at radius 1 is 0.250 bits per heavy atom. The molecule has 3 heteroatoms. The van der Waals surface area contributed by atoms with Crippen LogP contribution in [0, 0.1) is 0 Å². The summed E-state index contributed by atoms with van der Waals surface area (Å²) in [6.07, 6.45) is 0. The van der Waals surface area contributed by atoms with E-state index in [4.69, 9.17) is 0 Å². The quantitative estimate of drug-likeness (QED) is 0.151. The van der Waals surface area contributed by atoms with Gasteiger partial charge in [-0.2, -0.15) is 0 Å². The van der Waals surface area contributed by atoms with E-state index in [9.17, 15) is 0 Å². The van der Waals surface area contributed by atoms with Crippen molar-refractivity contribution in [3.8, 4) is 60.8 Å². The SMILES string of the molecule is c1ccc(-p2c3ccccc3c3cccc(-c4cccc5c(-c6cccc7c6-n6c8ccccc8c8cccc(c86)C76c7ccccc7-c7ccccc76)c6cccc(-c7cccc8c9ccccc9p(-c9ccccc9)c78)c6cc45)c32)cc1. The van der Waals surface area contributed by atoms with E-state index in [1.165, 1.54) is 168 Å². The molecular weight excluding hydrogens is 1050 g/mol. The van der Waals surface area contributed by atoms with Crippen molar-refractivity contribution in [1.29, 1.82) is 0 Å². The average Bonchev–Trinajstić information content (AvgIpc) is 1.50. The smallest absolute Gasteiger partial charge is 0.0754 e. The minimum Gasteiger partial charge on any atom is -0.308 e. The van der Waals surface area contributed by atoms with E-state index in [0.29, 0.717) is 0 Å². The second-order valence-corrected chi connectivity index (χ2v) is 27.2. The molecular formula is C81H49NP2. The number of nitrogens with zero attached hydrogens (tertiary/aromatic N) is 1. The number of hydrogen-bond acceptors (Lipinski definition) is 0. The van der Waals surface area contributed by atoms with Gasteiger partial charge in [0, 0.05) is 36.8 Å². The van der Waals surface area contributed by atoms with Gasteiger partial charge in [0.05, 0.1) is 22.1 Å². The molecule has 0 N–H and O–H groups in total. The Balaban J connectivity index is 1.01. The van der Waals surface area contributed by atoms with Crippen LogP contribution < -0.4 is 0 Å². The Kier molecular flexibility index (Phi) is 9.71. The van der Waals surface area contributed by atoms with Crippen molar-refractivity contribution in [1.82, 2.24) is 4.57 Å². The van der Waals surface area contributed by atoms with Gasteiger partial charge in [-0.15, -0.1) is 0 Å². The molecule has 3 aromatic heterocycles. The van der Waals surface area contributed by atoms with Crippen LogP contribution in [0.1, 0.15) is 22.3 Å². The van der Waals surface area contributed by atoms with Crippen molar-refractivity contribution in [3.05, 3.63) is 320 Å². The summed E-state index contributed by atoms with van der Waals surface area (Å²) in [7, 11) is -1.74. The van der Waals surface area contributed by atoms with Crippen LogP contribution in [0.25, 0.3) is 146 Å². The molecule has 1 nitrogen and oxygen atoms in total. The first-order valence-corrected chi connectivity index (χ1v) is 31.9. The van der Waals surface area contributed by atoms with Crippen molar-refractivity contribution < 1.29 is 0 Å². The van der Waals surface area contributed by atoms with Crippen LogP contribution in [-0.2, 0) is 5.41 Å². The third-order valence-corrected chi connectivity index (χ3v) is 24.3. The first kappa shape index (κ1) is 46.6. The van der Waals surface area contributed by atoms with Gasteiger partial charge in [-0.3, -0.25) is 0 Å². The molecule has 14 aromatic carbocycles. The Bertz CT molecular complexity index is 5420. The lowest BCUT2D eigenvalue weighted by molar-refractivity contribution is 0.749. The van der Waals surface area contributed by atoms with Gasteiger partial charge in [-0.05, 0) is 127 Å². The minimum absolute atomic E-state index is 0.596. The molecule has 1 aliphatic carbocycles. The van der Waals surface area contributed by atoms with Crippen molar-refractivity contribution in [3.63, 3.8) is 0 Å². The van der Waals surface area contributed by atoms with Gasteiger partial charge in [-0.25, -0.2) is 0 Å². The van der Waals surface area contributed by atoms with Crippen molar-refractivity contribution >= 4 is 100 Å². The highest BCUT2D eigenvalue weighted by Crippen LogP contribution is 2.64. The first-order chi connectivity index (χ1) is 41.8. The summed E-state index contributed by atoms with van der Waals surface area (Å²) in [5.41, 5.74) is 18.7. The van der Waals surface area contributed by atoms with Crippen LogP contribution in [0.3, 0.4) is 0 Å². The van der Waals surface area contributed by atoms with Gasteiger partial charge in [0.25, 0.3) is 0 Å². The minimum atomic E-state index is -0.868. The molecule has 0 bridgehead atoms. The van der Waals surface area contributed by atoms with E-state index in [0.717, 1.165) is 0 Å². The molecule has 388 valence electrons. The highest BCUT2D eigenvalue weighted by atomic mass is 31.1. The van der Waals surface area contributed by atoms with Crippen LogP contribution >= 0.6 is 15.1 Å². The average molecular weight is 1100 g/mol. The molecule has 2 unspecified atom stereocenters. The standard InChI is InChI=1S/C81H49NP2/c1-3-23-50(24-4-1)83-74-47-15-10-30-57(74)64-39-19-37-62(79(64)83)52-32-17-34-59-67(52)49-68-53(63-38-20-40-65-58-31-11-16-48-75(58)84(80(63)65)51-25-5-2-6-26-51)33-18-35-60(68)76(59)66-41-22-45-72-78(66)82-73-46-14-9-29-56(73)61-36-21-44-71(77(61)82)81(72)69-42-12-7-27-54(69)55-28-8-13-43-70(55)81/h1-49H. The third-order valence-electron chi connectivity index (χ3n) is 19.0. The zero-order valence-electron chi connectivity index (χ0n) is 45.6.